The lowest BCUT2D eigenvalue weighted by atomic mass is 10.0. The van der Waals surface area contributed by atoms with Gasteiger partial charge in [-0.1, -0.05) is 6.92 Å². The van der Waals surface area contributed by atoms with Gasteiger partial charge in [-0.2, -0.15) is 0 Å². The molecule has 0 bridgehead atoms. The molecule has 0 aliphatic carbocycles. The summed E-state index contributed by atoms with van der Waals surface area (Å²) >= 11 is 0. The van der Waals surface area contributed by atoms with Gasteiger partial charge in [0.2, 0.25) is 11.8 Å². The molecule has 0 aromatic carbocycles. The lowest BCUT2D eigenvalue weighted by Crippen LogP contribution is -2.48. The third-order valence-corrected chi connectivity index (χ3v) is 3.85. The van der Waals surface area contributed by atoms with Crippen LogP contribution in [0.3, 0.4) is 0 Å². The zero-order valence-corrected chi connectivity index (χ0v) is 10.6. The van der Waals surface area contributed by atoms with Crippen molar-refractivity contribution >= 4 is 11.8 Å². The Morgan fingerprint density at radius 2 is 1.94 bits per heavy atom. The molecule has 5 nitrogen and oxygen atoms in total. The van der Waals surface area contributed by atoms with Crippen LogP contribution in [0.4, 0.5) is 0 Å². The van der Waals surface area contributed by atoms with E-state index in [9.17, 15) is 9.59 Å². The Morgan fingerprint density at radius 1 is 1.29 bits per heavy atom. The minimum atomic E-state index is -0.286. The molecule has 1 N–H and O–H groups in total. The van der Waals surface area contributed by atoms with Gasteiger partial charge in [0.15, 0.2) is 0 Å². The quantitative estimate of drug-likeness (QED) is 0.694. The summed E-state index contributed by atoms with van der Waals surface area (Å²) in [7, 11) is 1.56. The highest BCUT2D eigenvalue weighted by molar-refractivity contribution is 6.05. The average molecular weight is 239 g/mol. The molecular weight excluding hydrogens is 218 g/mol. The fraction of sp³-hybridized carbons (Fsp3) is 0.833. The highest BCUT2D eigenvalue weighted by atomic mass is 16.2. The van der Waals surface area contributed by atoms with Gasteiger partial charge in [-0.25, -0.2) is 0 Å². The van der Waals surface area contributed by atoms with Gasteiger partial charge in [-0.15, -0.1) is 0 Å². The van der Waals surface area contributed by atoms with Crippen LogP contribution in [-0.2, 0) is 9.59 Å². The monoisotopic (exact) mass is 239 g/mol. The highest BCUT2D eigenvalue weighted by Crippen LogP contribution is 2.15. The molecule has 2 amide bonds. The number of hydrogen-bond donors (Lipinski definition) is 1. The molecule has 2 fully saturated rings. The van der Waals surface area contributed by atoms with E-state index >= 15 is 0 Å². The summed E-state index contributed by atoms with van der Waals surface area (Å²) in [6, 6.07) is 0.0942. The largest absolute Gasteiger partial charge is 0.303 e. The van der Waals surface area contributed by atoms with Crippen molar-refractivity contribution in [3.8, 4) is 0 Å². The number of carbonyl (C=O) groups is 2. The SMILES string of the molecule is CCN1CCC(NC2CC(=O)N(C)C2=O)CC1. The first-order valence-electron chi connectivity index (χ1n) is 6.40. The molecule has 2 aliphatic heterocycles. The van der Waals surface area contributed by atoms with Crippen LogP contribution in [0.5, 0.6) is 0 Å². The smallest absolute Gasteiger partial charge is 0.246 e. The molecule has 2 rings (SSSR count). The third kappa shape index (κ3) is 2.66. The van der Waals surface area contributed by atoms with Crippen LogP contribution in [0, 0.1) is 0 Å². The van der Waals surface area contributed by atoms with Crippen molar-refractivity contribution in [2.45, 2.75) is 38.3 Å². The van der Waals surface area contributed by atoms with E-state index in [1.165, 1.54) is 4.90 Å². The third-order valence-electron chi connectivity index (χ3n) is 3.85. The summed E-state index contributed by atoms with van der Waals surface area (Å²) in [4.78, 5) is 26.8. The molecular formula is C12H21N3O2. The van der Waals surface area contributed by atoms with Crippen LogP contribution in [0.1, 0.15) is 26.2 Å². The molecule has 1 atom stereocenters. The van der Waals surface area contributed by atoms with Gasteiger partial charge >= 0.3 is 0 Å². The van der Waals surface area contributed by atoms with Crippen molar-refractivity contribution in [3.63, 3.8) is 0 Å². The van der Waals surface area contributed by atoms with Crippen molar-refractivity contribution in [3.05, 3.63) is 0 Å². The van der Waals surface area contributed by atoms with E-state index in [4.69, 9.17) is 0 Å². The van der Waals surface area contributed by atoms with Gasteiger partial charge in [-0.05, 0) is 32.5 Å². The molecule has 0 aromatic heterocycles. The fourth-order valence-corrected chi connectivity index (χ4v) is 2.59. The van der Waals surface area contributed by atoms with Gasteiger partial charge < -0.3 is 10.2 Å². The van der Waals surface area contributed by atoms with Crippen LogP contribution >= 0.6 is 0 Å². The Balaban J connectivity index is 1.83. The lowest BCUT2D eigenvalue weighted by molar-refractivity contribution is -0.137. The number of likely N-dealkylation sites (tertiary alicyclic amines) is 2. The molecule has 96 valence electrons. The molecule has 1 unspecified atom stereocenters. The van der Waals surface area contributed by atoms with Gasteiger partial charge in [-0.3, -0.25) is 14.5 Å². The van der Waals surface area contributed by atoms with Gasteiger partial charge in [0.05, 0.1) is 12.5 Å². The lowest BCUT2D eigenvalue weighted by Gasteiger charge is -2.32. The first-order chi connectivity index (χ1) is 8.11. The van der Waals surface area contributed by atoms with E-state index < -0.39 is 0 Å². The Labute approximate surface area is 102 Å². The Morgan fingerprint density at radius 3 is 2.41 bits per heavy atom. The molecule has 0 aromatic rings. The molecule has 2 heterocycles. The molecule has 0 saturated carbocycles. The number of piperidine rings is 1. The van der Waals surface area contributed by atoms with Crippen LogP contribution in [-0.4, -0.2) is 60.4 Å². The van der Waals surface area contributed by atoms with Gasteiger partial charge in [0.1, 0.15) is 0 Å². The zero-order chi connectivity index (χ0) is 12.4. The van der Waals surface area contributed by atoms with Crippen LogP contribution < -0.4 is 5.32 Å². The number of amides is 2. The van der Waals surface area contributed by atoms with Crippen molar-refractivity contribution in [1.29, 1.82) is 0 Å². The number of carbonyl (C=O) groups excluding carboxylic acids is 2. The molecule has 0 radical (unpaired) electrons. The molecule has 0 spiro atoms. The molecule has 17 heavy (non-hydrogen) atoms. The maximum Gasteiger partial charge on any atom is 0.246 e. The summed E-state index contributed by atoms with van der Waals surface area (Å²) in [6.45, 7) is 5.43. The summed E-state index contributed by atoms with van der Waals surface area (Å²) < 4.78 is 0. The summed E-state index contributed by atoms with van der Waals surface area (Å²) in [6.07, 6.45) is 2.45. The highest BCUT2D eigenvalue weighted by Gasteiger charge is 2.37. The maximum absolute atomic E-state index is 11.7. The second-order valence-electron chi connectivity index (χ2n) is 4.92. The summed E-state index contributed by atoms with van der Waals surface area (Å²) in [5.74, 6) is -0.147. The predicted molar refractivity (Wildman–Crippen MR) is 64.5 cm³/mol. The normalized spacial score (nSPS) is 28.1. The Bertz CT molecular complexity index is 311. The molecule has 5 heteroatoms. The van der Waals surface area contributed by atoms with Gasteiger partial charge in [0, 0.05) is 13.1 Å². The first-order valence-corrected chi connectivity index (χ1v) is 6.40. The molecule has 2 aliphatic rings. The standard InChI is InChI=1S/C12H21N3O2/c1-3-15-6-4-9(5-7-15)13-10-8-11(16)14(2)12(10)17/h9-10,13H,3-8H2,1-2H3. The Kier molecular flexibility index (Phi) is 3.79. The fourth-order valence-electron chi connectivity index (χ4n) is 2.59. The van der Waals surface area contributed by atoms with Gasteiger partial charge in [0.25, 0.3) is 0 Å². The average Bonchev–Trinajstić information content (AvgIpc) is 2.58. The number of hydrogen-bond acceptors (Lipinski definition) is 4. The van der Waals surface area contributed by atoms with E-state index in [0.717, 1.165) is 32.5 Å². The topological polar surface area (TPSA) is 52.7 Å². The van der Waals surface area contributed by atoms with Crippen molar-refractivity contribution in [2.75, 3.05) is 26.7 Å². The van der Waals surface area contributed by atoms with E-state index in [1.54, 1.807) is 7.05 Å². The number of nitrogens with zero attached hydrogens (tertiary/aromatic N) is 2. The minimum absolute atomic E-state index is 0.0708. The van der Waals surface area contributed by atoms with E-state index in [-0.39, 0.29) is 17.9 Å². The second-order valence-corrected chi connectivity index (χ2v) is 4.92. The number of likely N-dealkylation sites (N-methyl/N-ethyl adjacent to an activating group) is 1. The van der Waals surface area contributed by atoms with E-state index in [2.05, 4.69) is 17.1 Å². The van der Waals surface area contributed by atoms with Crippen LogP contribution in [0.15, 0.2) is 0 Å². The van der Waals surface area contributed by atoms with Crippen molar-refractivity contribution in [1.82, 2.24) is 15.1 Å². The van der Waals surface area contributed by atoms with Crippen LogP contribution in [0.2, 0.25) is 0 Å². The summed E-state index contributed by atoms with van der Waals surface area (Å²) in [5, 5.41) is 3.33. The zero-order valence-electron chi connectivity index (χ0n) is 10.6. The number of rotatable bonds is 3. The van der Waals surface area contributed by atoms with Crippen molar-refractivity contribution < 1.29 is 9.59 Å². The molecule has 2 saturated heterocycles. The van der Waals surface area contributed by atoms with E-state index in [0.29, 0.717) is 12.5 Å². The number of nitrogens with one attached hydrogen (secondary N) is 1. The first kappa shape index (κ1) is 12.5. The predicted octanol–water partition coefficient (Wildman–Crippen LogP) is -0.182. The van der Waals surface area contributed by atoms with Crippen LogP contribution in [0.25, 0.3) is 0 Å². The number of imide groups is 1. The maximum atomic E-state index is 11.7. The second kappa shape index (κ2) is 5.14. The van der Waals surface area contributed by atoms with E-state index in [1.807, 2.05) is 0 Å². The minimum Gasteiger partial charge on any atom is -0.303 e. The Hall–Kier alpha value is -0.940. The van der Waals surface area contributed by atoms with Crippen molar-refractivity contribution in [2.24, 2.45) is 0 Å². The summed E-state index contributed by atoms with van der Waals surface area (Å²) in [5.41, 5.74) is 0.